The van der Waals surface area contributed by atoms with Crippen molar-refractivity contribution in [2.75, 3.05) is 5.32 Å². The standard InChI is InChI=1S/C18H14N4O3/c1-8-6-12-15(18(24)21-8)13(10(7-19)16(20)25-12)14-9-4-2-3-5-11(9)22-17(14)23/h2-6,13-14H,20H2,1H3,(H,21,24)(H,22,23)/t13-,14+/m0/s1. The number of hydrogen-bond donors (Lipinski definition) is 3. The van der Waals surface area contributed by atoms with Crippen LogP contribution in [0.3, 0.4) is 0 Å². The van der Waals surface area contributed by atoms with Crippen molar-refractivity contribution in [3.8, 4) is 11.8 Å². The first kappa shape index (κ1) is 15.0. The maximum absolute atomic E-state index is 12.6. The number of nitrogens with one attached hydrogen (secondary N) is 2. The predicted molar refractivity (Wildman–Crippen MR) is 89.8 cm³/mol. The largest absolute Gasteiger partial charge is 0.440 e. The van der Waals surface area contributed by atoms with Gasteiger partial charge in [-0.2, -0.15) is 5.26 Å². The number of H-pyrrole nitrogens is 1. The normalized spacial score (nSPS) is 21.0. The topological polar surface area (TPSA) is 121 Å². The fourth-order valence-corrected chi connectivity index (χ4v) is 3.54. The number of rotatable bonds is 1. The zero-order valence-corrected chi connectivity index (χ0v) is 13.3. The van der Waals surface area contributed by atoms with E-state index in [-0.39, 0.29) is 28.7 Å². The Morgan fingerprint density at radius 1 is 1.24 bits per heavy atom. The van der Waals surface area contributed by atoms with E-state index in [1.807, 2.05) is 18.2 Å². The van der Waals surface area contributed by atoms with E-state index in [0.717, 1.165) is 5.56 Å². The number of allylic oxidation sites excluding steroid dienone is 1. The zero-order chi connectivity index (χ0) is 17.7. The summed E-state index contributed by atoms with van der Waals surface area (Å²) in [6, 6.07) is 10.9. The molecule has 0 saturated carbocycles. The molecular weight excluding hydrogens is 320 g/mol. The molecule has 4 N–H and O–H groups in total. The van der Waals surface area contributed by atoms with Gasteiger partial charge in [0.2, 0.25) is 11.8 Å². The Hall–Kier alpha value is -3.53. The first-order valence-corrected chi connectivity index (χ1v) is 7.72. The molecule has 25 heavy (non-hydrogen) atoms. The van der Waals surface area contributed by atoms with Crippen molar-refractivity contribution in [2.45, 2.75) is 18.8 Å². The van der Waals surface area contributed by atoms with Gasteiger partial charge in [0.05, 0.1) is 17.1 Å². The van der Waals surface area contributed by atoms with Gasteiger partial charge >= 0.3 is 0 Å². The highest BCUT2D eigenvalue weighted by Gasteiger charge is 2.45. The minimum atomic E-state index is -0.804. The van der Waals surface area contributed by atoms with E-state index in [4.69, 9.17) is 10.5 Å². The molecule has 0 saturated heterocycles. The number of nitriles is 1. The summed E-state index contributed by atoms with van der Waals surface area (Å²) < 4.78 is 5.49. The van der Waals surface area contributed by atoms with E-state index >= 15 is 0 Å². The fraction of sp³-hybridized carbons (Fsp3) is 0.167. The predicted octanol–water partition coefficient (Wildman–Crippen LogP) is 1.59. The molecule has 3 heterocycles. The number of benzene rings is 1. The number of hydrogen-bond acceptors (Lipinski definition) is 5. The minimum absolute atomic E-state index is 0.0813. The minimum Gasteiger partial charge on any atom is -0.440 e. The molecule has 4 rings (SSSR count). The number of pyridine rings is 1. The molecule has 2 atom stereocenters. The molecule has 0 radical (unpaired) electrons. The van der Waals surface area contributed by atoms with E-state index in [0.29, 0.717) is 11.4 Å². The van der Waals surface area contributed by atoms with Crippen LogP contribution in [0, 0.1) is 18.3 Å². The number of carbonyl (C=O) groups excluding carboxylic acids is 1. The Labute approximate surface area is 142 Å². The summed E-state index contributed by atoms with van der Waals surface area (Å²) in [5, 5.41) is 12.4. The van der Waals surface area contributed by atoms with Crippen molar-refractivity contribution in [3.63, 3.8) is 0 Å². The summed E-state index contributed by atoms with van der Waals surface area (Å²) in [6.45, 7) is 1.72. The third kappa shape index (κ3) is 2.11. The van der Waals surface area contributed by atoms with E-state index in [2.05, 4.69) is 10.3 Å². The molecule has 1 aromatic heterocycles. The average Bonchev–Trinajstić information content (AvgIpc) is 2.88. The molecule has 7 nitrogen and oxygen atoms in total. The molecule has 0 unspecified atom stereocenters. The number of aromatic nitrogens is 1. The molecule has 7 heteroatoms. The Morgan fingerprint density at radius 3 is 2.76 bits per heavy atom. The number of ether oxygens (including phenoxy) is 1. The molecule has 2 aromatic rings. The van der Waals surface area contributed by atoms with Crippen LogP contribution in [-0.2, 0) is 4.79 Å². The lowest BCUT2D eigenvalue weighted by Crippen LogP contribution is -2.32. The lowest BCUT2D eigenvalue weighted by Gasteiger charge is -2.28. The number of aryl methyl sites for hydroxylation is 1. The average molecular weight is 334 g/mol. The quantitative estimate of drug-likeness (QED) is 0.731. The highest BCUT2D eigenvalue weighted by Crippen LogP contribution is 2.48. The lowest BCUT2D eigenvalue weighted by atomic mass is 9.77. The fourth-order valence-electron chi connectivity index (χ4n) is 3.54. The van der Waals surface area contributed by atoms with Crippen molar-refractivity contribution in [2.24, 2.45) is 5.73 Å². The smallest absolute Gasteiger partial charge is 0.255 e. The maximum atomic E-state index is 12.6. The van der Waals surface area contributed by atoms with Crippen LogP contribution >= 0.6 is 0 Å². The van der Waals surface area contributed by atoms with Crippen molar-refractivity contribution >= 4 is 11.6 Å². The van der Waals surface area contributed by atoms with Crippen LogP contribution < -0.4 is 21.3 Å². The van der Waals surface area contributed by atoms with E-state index in [1.165, 1.54) is 0 Å². The Balaban J connectivity index is 2.00. The SMILES string of the molecule is Cc1cc2c(c(=O)[nH]1)[C@H]([C@@H]1C(=O)Nc3ccccc31)C(C#N)=C(N)O2. The lowest BCUT2D eigenvalue weighted by molar-refractivity contribution is -0.117. The number of carbonyl (C=O) groups is 1. The van der Waals surface area contributed by atoms with Gasteiger partial charge in [-0.1, -0.05) is 18.2 Å². The van der Waals surface area contributed by atoms with Gasteiger partial charge in [0.15, 0.2) is 0 Å². The van der Waals surface area contributed by atoms with E-state index in [1.54, 1.807) is 25.1 Å². The second kappa shape index (κ2) is 5.24. The van der Waals surface area contributed by atoms with E-state index < -0.39 is 17.4 Å². The van der Waals surface area contributed by atoms with Crippen LogP contribution in [-0.4, -0.2) is 10.9 Å². The third-order valence-corrected chi connectivity index (χ3v) is 4.57. The van der Waals surface area contributed by atoms with Crippen molar-refractivity contribution in [3.05, 3.63) is 69.0 Å². The number of anilines is 1. The van der Waals surface area contributed by atoms with Crippen LogP contribution in [0.5, 0.6) is 5.75 Å². The van der Waals surface area contributed by atoms with Crippen LogP contribution in [0.1, 0.15) is 28.7 Å². The van der Waals surface area contributed by atoms with Crippen LogP contribution in [0.4, 0.5) is 5.69 Å². The van der Waals surface area contributed by atoms with Gasteiger partial charge in [-0.3, -0.25) is 9.59 Å². The van der Waals surface area contributed by atoms with Gasteiger partial charge in [-0.25, -0.2) is 0 Å². The van der Waals surface area contributed by atoms with Crippen LogP contribution in [0.25, 0.3) is 0 Å². The van der Waals surface area contributed by atoms with Gasteiger partial charge in [0.25, 0.3) is 5.56 Å². The first-order valence-electron chi connectivity index (χ1n) is 7.72. The number of nitrogens with two attached hydrogens (primary N) is 1. The third-order valence-electron chi connectivity index (χ3n) is 4.57. The van der Waals surface area contributed by atoms with Gasteiger partial charge < -0.3 is 20.8 Å². The molecule has 0 aliphatic carbocycles. The molecule has 0 bridgehead atoms. The highest BCUT2D eigenvalue weighted by molar-refractivity contribution is 6.04. The number of nitrogens with zero attached hydrogens (tertiary/aromatic N) is 1. The highest BCUT2D eigenvalue weighted by atomic mass is 16.5. The number of fused-ring (bicyclic) bond motifs is 2. The van der Waals surface area contributed by atoms with Gasteiger partial charge in [-0.15, -0.1) is 0 Å². The molecule has 1 aromatic carbocycles. The van der Waals surface area contributed by atoms with Gasteiger partial charge in [0.1, 0.15) is 11.8 Å². The molecular formula is C18H14N4O3. The zero-order valence-electron chi connectivity index (χ0n) is 13.3. The van der Waals surface area contributed by atoms with Crippen molar-refractivity contribution in [1.82, 2.24) is 4.98 Å². The molecule has 1 amide bonds. The first-order chi connectivity index (χ1) is 12.0. The van der Waals surface area contributed by atoms with Gasteiger partial charge in [0, 0.05) is 23.4 Å². The number of aromatic amines is 1. The van der Waals surface area contributed by atoms with Crippen LogP contribution in [0.2, 0.25) is 0 Å². The summed E-state index contributed by atoms with van der Waals surface area (Å²) in [6.07, 6.45) is 0. The summed E-state index contributed by atoms with van der Waals surface area (Å²) in [5.74, 6) is -1.61. The van der Waals surface area contributed by atoms with Crippen molar-refractivity contribution in [1.29, 1.82) is 5.26 Å². The van der Waals surface area contributed by atoms with E-state index in [9.17, 15) is 14.9 Å². The summed E-state index contributed by atoms with van der Waals surface area (Å²) in [7, 11) is 0. The molecule has 2 aliphatic rings. The summed E-state index contributed by atoms with van der Waals surface area (Å²) >= 11 is 0. The second-order valence-electron chi connectivity index (χ2n) is 6.08. The number of para-hydroxylation sites is 1. The van der Waals surface area contributed by atoms with Crippen LogP contribution in [0.15, 0.2) is 46.6 Å². The molecule has 124 valence electrons. The molecule has 2 aliphatic heterocycles. The Bertz CT molecular complexity index is 1050. The molecule has 0 spiro atoms. The molecule has 0 fully saturated rings. The second-order valence-corrected chi connectivity index (χ2v) is 6.08. The summed E-state index contributed by atoms with van der Waals surface area (Å²) in [5.41, 5.74) is 7.86. The Morgan fingerprint density at radius 2 is 2.00 bits per heavy atom. The monoisotopic (exact) mass is 334 g/mol. The summed E-state index contributed by atoms with van der Waals surface area (Å²) in [4.78, 5) is 28.0. The van der Waals surface area contributed by atoms with Crippen molar-refractivity contribution < 1.29 is 9.53 Å². The maximum Gasteiger partial charge on any atom is 0.255 e. The Kier molecular flexibility index (Phi) is 3.15. The van der Waals surface area contributed by atoms with Gasteiger partial charge in [-0.05, 0) is 18.6 Å². The number of amides is 1.